The van der Waals surface area contributed by atoms with Crippen LogP contribution in [0, 0.1) is 6.92 Å². The number of hydrogen-bond donors (Lipinski definition) is 1. The van der Waals surface area contributed by atoms with Crippen molar-refractivity contribution in [3.8, 4) is 0 Å². The Morgan fingerprint density at radius 2 is 1.51 bits per heavy atom. The Bertz CT molecular complexity index is 1640. The summed E-state index contributed by atoms with van der Waals surface area (Å²) in [6.07, 6.45) is 0.494. The van der Waals surface area contributed by atoms with Crippen molar-refractivity contribution in [3.63, 3.8) is 0 Å². The molecule has 0 bridgehead atoms. The highest BCUT2D eigenvalue weighted by Gasteiger charge is 2.53. The number of urea groups is 1. The second-order valence-corrected chi connectivity index (χ2v) is 9.46. The summed E-state index contributed by atoms with van der Waals surface area (Å²) in [6, 6.07) is 28.9. The average Bonchev–Trinajstić information content (AvgIpc) is 3.38. The van der Waals surface area contributed by atoms with E-state index in [1.165, 1.54) is 4.90 Å². The summed E-state index contributed by atoms with van der Waals surface area (Å²) in [6.45, 7) is 2.05. The maximum absolute atomic E-state index is 14.1. The molecule has 1 fully saturated rings. The number of rotatable bonds is 2. The number of amides is 3. The predicted octanol–water partition coefficient (Wildman–Crippen LogP) is 6.11. The van der Waals surface area contributed by atoms with Crippen LogP contribution in [0.15, 0.2) is 91.0 Å². The first-order valence-corrected chi connectivity index (χ1v) is 11.9. The molecule has 3 heterocycles. The van der Waals surface area contributed by atoms with Crippen molar-refractivity contribution in [2.24, 2.45) is 0 Å². The van der Waals surface area contributed by atoms with Crippen LogP contribution >= 0.6 is 0 Å². The van der Waals surface area contributed by atoms with E-state index < -0.39 is 6.04 Å². The van der Waals surface area contributed by atoms with Crippen LogP contribution in [-0.2, 0) is 11.2 Å². The van der Waals surface area contributed by atoms with Crippen molar-refractivity contribution in [1.29, 1.82) is 0 Å². The minimum absolute atomic E-state index is 0.167. The van der Waals surface area contributed by atoms with Crippen LogP contribution in [0.2, 0.25) is 0 Å². The molecular weight excluding hydrogens is 434 g/mol. The van der Waals surface area contributed by atoms with Gasteiger partial charge >= 0.3 is 6.03 Å². The second-order valence-electron chi connectivity index (χ2n) is 9.46. The summed E-state index contributed by atoms with van der Waals surface area (Å²) in [4.78, 5) is 34.8. The Kier molecular flexibility index (Phi) is 4.18. The summed E-state index contributed by atoms with van der Waals surface area (Å²) in [5.41, 5.74) is 5.93. The molecule has 0 radical (unpaired) electrons. The van der Waals surface area contributed by atoms with Gasteiger partial charge in [-0.25, -0.2) is 9.69 Å². The van der Waals surface area contributed by atoms with Crippen molar-refractivity contribution in [2.75, 3.05) is 4.90 Å². The van der Waals surface area contributed by atoms with E-state index in [0.717, 1.165) is 44.1 Å². The molecule has 3 amide bonds. The van der Waals surface area contributed by atoms with Crippen LogP contribution in [0.1, 0.15) is 28.4 Å². The Hall–Kier alpha value is -4.38. The van der Waals surface area contributed by atoms with Crippen LogP contribution in [0.5, 0.6) is 0 Å². The molecule has 2 aliphatic rings. The Balaban J connectivity index is 1.43. The Morgan fingerprint density at radius 3 is 2.34 bits per heavy atom. The smallest absolute Gasteiger partial charge is 0.332 e. The summed E-state index contributed by atoms with van der Waals surface area (Å²) in [5, 5.41) is 3.01. The number of hydrogen-bond acceptors (Lipinski definition) is 2. The number of aryl methyl sites for hydroxylation is 1. The third-order valence-electron chi connectivity index (χ3n) is 7.45. The normalized spacial score (nSPS) is 19.5. The molecule has 1 N–H and O–H groups in total. The van der Waals surface area contributed by atoms with Crippen LogP contribution in [0.25, 0.3) is 21.7 Å². The van der Waals surface area contributed by atoms with Crippen LogP contribution in [0.3, 0.4) is 0 Å². The van der Waals surface area contributed by atoms with Crippen LogP contribution in [-0.4, -0.2) is 27.9 Å². The fraction of sp³-hybridized carbons (Fsp3) is 0.133. The third-order valence-corrected chi connectivity index (χ3v) is 7.45. The topological polar surface area (TPSA) is 56.4 Å². The lowest BCUT2D eigenvalue weighted by molar-refractivity contribution is -0.120. The first kappa shape index (κ1) is 20.0. The van der Waals surface area contributed by atoms with Gasteiger partial charge in [0.1, 0.15) is 12.1 Å². The second kappa shape index (κ2) is 7.31. The number of aromatic nitrogens is 1. The zero-order chi connectivity index (χ0) is 23.7. The molecule has 4 aromatic carbocycles. The van der Waals surface area contributed by atoms with Crippen molar-refractivity contribution in [3.05, 3.63) is 113 Å². The van der Waals surface area contributed by atoms with Gasteiger partial charge in [0, 0.05) is 28.4 Å². The van der Waals surface area contributed by atoms with E-state index in [9.17, 15) is 9.59 Å². The van der Waals surface area contributed by atoms with Gasteiger partial charge in [-0.2, -0.15) is 0 Å². The summed E-state index contributed by atoms with van der Waals surface area (Å²) in [5.74, 6) is -0.167. The Labute approximate surface area is 202 Å². The van der Waals surface area contributed by atoms with Crippen molar-refractivity contribution in [2.45, 2.75) is 25.4 Å². The molecule has 0 aliphatic carbocycles. The lowest BCUT2D eigenvalue weighted by Gasteiger charge is -2.36. The zero-order valence-corrected chi connectivity index (χ0v) is 19.2. The molecule has 2 atom stereocenters. The molecule has 7 rings (SSSR count). The number of aromatic amines is 1. The molecule has 1 saturated heterocycles. The highest BCUT2D eigenvalue weighted by molar-refractivity contribution is 6.24. The number of H-pyrrole nitrogens is 1. The van der Waals surface area contributed by atoms with E-state index in [2.05, 4.69) is 48.3 Å². The molecule has 5 heteroatoms. The van der Waals surface area contributed by atoms with E-state index >= 15 is 0 Å². The van der Waals surface area contributed by atoms with Gasteiger partial charge in [0.2, 0.25) is 0 Å². The first-order valence-electron chi connectivity index (χ1n) is 11.9. The quantitative estimate of drug-likeness (QED) is 0.325. The van der Waals surface area contributed by atoms with Crippen LogP contribution in [0.4, 0.5) is 10.5 Å². The number of anilines is 1. The molecule has 170 valence electrons. The molecule has 1 aromatic heterocycles. The monoisotopic (exact) mass is 457 g/mol. The van der Waals surface area contributed by atoms with Crippen molar-refractivity contribution in [1.82, 2.24) is 9.88 Å². The number of benzene rings is 4. The van der Waals surface area contributed by atoms with Crippen molar-refractivity contribution < 1.29 is 9.59 Å². The summed E-state index contributed by atoms with van der Waals surface area (Å²) in [7, 11) is 0. The van der Waals surface area contributed by atoms with Crippen LogP contribution < -0.4 is 4.90 Å². The Morgan fingerprint density at radius 1 is 0.800 bits per heavy atom. The zero-order valence-electron chi connectivity index (χ0n) is 19.2. The highest BCUT2D eigenvalue weighted by atomic mass is 16.2. The minimum Gasteiger partial charge on any atom is -0.356 e. The van der Waals surface area contributed by atoms with E-state index in [0.29, 0.717) is 12.1 Å². The first-order chi connectivity index (χ1) is 17.1. The van der Waals surface area contributed by atoms with Gasteiger partial charge in [-0.05, 0) is 35.6 Å². The van der Waals surface area contributed by atoms with Crippen molar-refractivity contribution >= 4 is 39.3 Å². The summed E-state index contributed by atoms with van der Waals surface area (Å²) < 4.78 is 0. The lowest BCUT2D eigenvalue weighted by Crippen LogP contribution is -2.44. The number of nitrogens with one attached hydrogen (secondary N) is 1. The average molecular weight is 458 g/mol. The number of fused-ring (bicyclic) bond motifs is 5. The van der Waals surface area contributed by atoms with E-state index in [1.807, 2.05) is 54.6 Å². The third kappa shape index (κ3) is 2.81. The number of nitrogens with zero attached hydrogens (tertiary/aromatic N) is 2. The predicted molar refractivity (Wildman–Crippen MR) is 137 cm³/mol. The standard InChI is InChI=1S/C30H23N3O2/c1-18-13-15-20(16-14-18)28-27-23(22-10-4-5-11-24(22)31-27)17-26-29(34)33(30(35)32(26)28)25-12-6-8-19-7-2-3-9-21(19)25/h2-16,26,28,31H,17H2,1H3/t26-,28-/m0/s1. The molecular formula is C30H23N3O2. The number of carbonyl (C=O) groups is 2. The molecule has 0 unspecified atom stereocenters. The fourth-order valence-electron chi connectivity index (χ4n) is 5.79. The van der Waals surface area contributed by atoms with Gasteiger partial charge in [-0.15, -0.1) is 0 Å². The molecule has 0 spiro atoms. The molecule has 0 saturated carbocycles. The van der Waals surface area contributed by atoms with E-state index in [4.69, 9.17) is 0 Å². The fourth-order valence-corrected chi connectivity index (χ4v) is 5.79. The van der Waals surface area contributed by atoms with E-state index in [1.54, 1.807) is 4.90 Å². The number of carbonyl (C=O) groups excluding carboxylic acids is 2. The number of para-hydroxylation sites is 1. The van der Waals surface area contributed by atoms with Gasteiger partial charge in [-0.1, -0.05) is 84.4 Å². The molecule has 5 nitrogen and oxygen atoms in total. The molecule has 5 aromatic rings. The largest absolute Gasteiger partial charge is 0.356 e. The van der Waals surface area contributed by atoms with Gasteiger partial charge < -0.3 is 4.98 Å². The van der Waals surface area contributed by atoms with Gasteiger partial charge in [0.15, 0.2) is 0 Å². The van der Waals surface area contributed by atoms with Gasteiger partial charge in [-0.3, -0.25) is 9.69 Å². The lowest BCUT2D eigenvalue weighted by atomic mass is 9.88. The van der Waals surface area contributed by atoms with Gasteiger partial charge in [0.25, 0.3) is 5.91 Å². The minimum atomic E-state index is -0.556. The molecule has 2 aliphatic heterocycles. The maximum Gasteiger partial charge on any atom is 0.332 e. The maximum atomic E-state index is 14.1. The SMILES string of the molecule is Cc1ccc([C@H]2c3[nH]c4ccccc4c3C[C@H]3C(=O)N(c4cccc5ccccc45)C(=O)N23)cc1. The van der Waals surface area contributed by atoms with Gasteiger partial charge in [0.05, 0.1) is 5.69 Å². The summed E-state index contributed by atoms with van der Waals surface area (Å²) >= 11 is 0. The number of imide groups is 1. The van der Waals surface area contributed by atoms with E-state index in [-0.39, 0.29) is 18.0 Å². The highest BCUT2D eigenvalue weighted by Crippen LogP contribution is 2.45. The molecule has 35 heavy (non-hydrogen) atoms.